The molecule has 1 aliphatic heterocycles. The Morgan fingerprint density at radius 2 is 2.55 bits per heavy atom. The van der Waals surface area contributed by atoms with Crippen molar-refractivity contribution in [2.24, 2.45) is 10.9 Å². The van der Waals surface area contributed by atoms with Crippen molar-refractivity contribution >= 4 is 22.1 Å². The van der Waals surface area contributed by atoms with Crippen molar-refractivity contribution in [3.05, 3.63) is 10.1 Å². The van der Waals surface area contributed by atoms with Crippen LogP contribution in [0.3, 0.4) is 0 Å². The van der Waals surface area contributed by atoms with Crippen molar-refractivity contribution in [3.63, 3.8) is 0 Å². The molecule has 0 aromatic rings. The van der Waals surface area contributed by atoms with Gasteiger partial charge >= 0.3 is 0 Å². The van der Waals surface area contributed by atoms with Gasteiger partial charge in [0.15, 0.2) is 0 Å². The molecule has 0 spiro atoms. The average Bonchev–Trinajstić information content (AvgIpc) is 2.12. The molecule has 3 heteroatoms. The van der Waals surface area contributed by atoms with Gasteiger partial charge in [-0.15, -0.1) is 0 Å². The second-order valence-corrected chi connectivity index (χ2v) is 3.61. The molecular formula is C8H12BrNO. The first kappa shape index (κ1) is 8.94. The largest absolute Gasteiger partial charge is 0.392 e. The molecule has 1 heterocycles. The molecule has 1 unspecified atom stereocenters. The lowest BCUT2D eigenvalue weighted by Gasteiger charge is -2.11. The summed E-state index contributed by atoms with van der Waals surface area (Å²) in [6.07, 6.45) is 2.82. The molecule has 0 radical (unpaired) electrons. The highest BCUT2D eigenvalue weighted by atomic mass is 79.9. The summed E-state index contributed by atoms with van der Waals surface area (Å²) in [6, 6.07) is 0. The van der Waals surface area contributed by atoms with Gasteiger partial charge in [0.05, 0.1) is 6.61 Å². The minimum Gasteiger partial charge on any atom is -0.392 e. The fraction of sp³-hybridized carbons (Fsp3) is 0.625. The van der Waals surface area contributed by atoms with E-state index in [0.717, 1.165) is 23.0 Å². The van der Waals surface area contributed by atoms with Crippen molar-refractivity contribution in [3.8, 4) is 0 Å². The maximum atomic E-state index is 9.01. The maximum Gasteiger partial charge on any atom is 0.0658 e. The monoisotopic (exact) mass is 217 g/mol. The molecule has 1 aliphatic rings. The van der Waals surface area contributed by atoms with Crippen LogP contribution in [-0.4, -0.2) is 24.5 Å². The molecule has 62 valence electrons. The highest BCUT2D eigenvalue weighted by Gasteiger charge is 2.12. The van der Waals surface area contributed by atoms with Crippen LogP contribution in [0.4, 0.5) is 0 Å². The summed E-state index contributed by atoms with van der Waals surface area (Å²) in [5.74, 6) is 0.442. The SMILES string of the molecule is CC1CCN=CC(Br)=C1CO. The fourth-order valence-electron chi connectivity index (χ4n) is 1.14. The Morgan fingerprint density at radius 3 is 3.18 bits per heavy atom. The second kappa shape index (κ2) is 4.02. The Labute approximate surface area is 75.2 Å². The summed E-state index contributed by atoms with van der Waals surface area (Å²) in [5, 5.41) is 9.01. The zero-order valence-corrected chi connectivity index (χ0v) is 8.13. The number of nitrogens with zero attached hydrogens (tertiary/aromatic N) is 1. The average molecular weight is 218 g/mol. The molecule has 2 nitrogen and oxygen atoms in total. The predicted octanol–water partition coefficient (Wildman–Crippen LogP) is 1.74. The van der Waals surface area contributed by atoms with Crippen molar-refractivity contribution < 1.29 is 5.11 Å². The van der Waals surface area contributed by atoms with Gasteiger partial charge in [0.2, 0.25) is 0 Å². The molecule has 0 bridgehead atoms. The van der Waals surface area contributed by atoms with E-state index < -0.39 is 0 Å². The van der Waals surface area contributed by atoms with E-state index in [1.54, 1.807) is 6.21 Å². The molecule has 0 aromatic carbocycles. The fourth-order valence-corrected chi connectivity index (χ4v) is 1.80. The van der Waals surface area contributed by atoms with Crippen LogP contribution < -0.4 is 0 Å². The Bertz CT molecular complexity index is 198. The van der Waals surface area contributed by atoms with E-state index >= 15 is 0 Å². The number of hydrogen-bond acceptors (Lipinski definition) is 2. The molecule has 0 saturated carbocycles. The molecule has 11 heavy (non-hydrogen) atoms. The first-order valence-corrected chi connectivity index (χ1v) is 4.54. The van der Waals surface area contributed by atoms with E-state index in [2.05, 4.69) is 27.8 Å². The highest BCUT2D eigenvalue weighted by molar-refractivity contribution is 9.12. The van der Waals surface area contributed by atoms with E-state index in [-0.39, 0.29) is 6.61 Å². The molecule has 0 fully saturated rings. The Hall–Kier alpha value is -0.150. The number of hydrogen-bond donors (Lipinski definition) is 1. The Kier molecular flexibility index (Phi) is 3.27. The van der Waals surface area contributed by atoms with Crippen LogP contribution in [0.5, 0.6) is 0 Å². The van der Waals surface area contributed by atoms with Gasteiger partial charge in [-0.05, 0) is 33.8 Å². The third-order valence-corrected chi connectivity index (χ3v) is 2.68. The Morgan fingerprint density at radius 1 is 1.82 bits per heavy atom. The van der Waals surface area contributed by atoms with E-state index in [9.17, 15) is 0 Å². The molecule has 0 amide bonds. The lowest BCUT2D eigenvalue weighted by molar-refractivity contribution is 0.314. The number of aliphatic hydroxyl groups is 1. The van der Waals surface area contributed by atoms with Gasteiger partial charge in [0, 0.05) is 17.2 Å². The maximum absolute atomic E-state index is 9.01. The number of aliphatic hydroxyl groups excluding tert-OH is 1. The molecule has 0 saturated heterocycles. The molecule has 1 N–H and O–H groups in total. The number of allylic oxidation sites excluding steroid dienone is 1. The van der Waals surface area contributed by atoms with Crippen LogP contribution in [0.25, 0.3) is 0 Å². The summed E-state index contributed by atoms with van der Waals surface area (Å²) in [4.78, 5) is 4.16. The van der Waals surface area contributed by atoms with Gasteiger partial charge in [-0.3, -0.25) is 4.99 Å². The van der Waals surface area contributed by atoms with Crippen molar-refractivity contribution in [1.82, 2.24) is 0 Å². The molecular weight excluding hydrogens is 206 g/mol. The number of aliphatic imine (C=N–C) groups is 1. The summed E-state index contributed by atoms with van der Waals surface area (Å²) >= 11 is 3.38. The van der Waals surface area contributed by atoms with Crippen LogP contribution in [0.2, 0.25) is 0 Å². The third kappa shape index (κ3) is 2.14. The van der Waals surface area contributed by atoms with Crippen molar-refractivity contribution in [2.45, 2.75) is 13.3 Å². The predicted molar refractivity (Wildman–Crippen MR) is 50.2 cm³/mol. The number of rotatable bonds is 1. The van der Waals surface area contributed by atoms with Gasteiger partial charge in [0.25, 0.3) is 0 Å². The molecule has 0 aliphatic carbocycles. The van der Waals surface area contributed by atoms with Crippen LogP contribution in [0.15, 0.2) is 15.0 Å². The minimum absolute atomic E-state index is 0.133. The van der Waals surface area contributed by atoms with E-state index in [4.69, 9.17) is 5.11 Å². The van der Waals surface area contributed by atoms with Crippen LogP contribution in [-0.2, 0) is 0 Å². The summed E-state index contributed by atoms with van der Waals surface area (Å²) in [7, 11) is 0. The first-order valence-electron chi connectivity index (χ1n) is 3.75. The van der Waals surface area contributed by atoms with Crippen molar-refractivity contribution in [2.75, 3.05) is 13.2 Å². The van der Waals surface area contributed by atoms with E-state index in [1.165, 1.54) is 0 Å². The lowest BCUT2D eigenvalue weighted by atomic mass is 9.99. The zero-order chi connectivity index (χ0) is 8.27. The lowest BCUT2D eigenvalue weighted by Crippen LogP contribution is -2.05. The zero-order valence-electron chi connectivity index (χ0n) is 6.55. The summed E-state index contributed by atoms with van der Waals surface area (Å²) in [6.45, 7) is 3.11. The van der Waals surface area contributed by atoms with Gasteiger partial charge in [-0.1, -0.05) is 6.92 Å². The quantitative estimate of drug-likeness (QED) is 0.714. The van der Waals surface area contributed by atoms with Crippen LogP contribution in [0, 0.1) is 5.92 Å². The molecule has 1 rings (SSSR count). The van der Waals surface area contributed by atoms with Gasteiger partial charge < -0.3 is 5.11 Å². The first-order chi connectivity index (χ1) is 5.25. The smallest absolute Gasteiger partial charge is 0.0658 e. The molecule has 0 aromatic heterocycles. The van der Waals surface area contributed by atoms with Gasteiger partial charge in [-0.25, -0.2) is 0 Å². The van der Waals surface area contributed by atoms with E-state index in [0.29, 0.717) is 5.92 Å². The van der Waals surface area contributed by atoms with Gasteiger partial charge in [0.1, 0.15) is 0 Å². The summed E-state index contributed by atoms with van der Waals surface area (Å²) in [5.41, 5.74) is 1.06. The van der Waals surface area contributed by atoms with Gasteiger partial charge in [-0.2, -0.15) is 0 Å². The third-order valence-electron chi connectivity index (χ3n) is 1.97. The second-order valence-electron chi connectivity index (χ2n) is 2.76. The molecule has 1 atom stereocenters. The normalized spacial score (nSPS) is 25.5. The minimum atomic E-state index is 0.133. The Balaban J connectivity index is 2.84. The van der Waals surface area contributed by atoms with E-state index in [1.807, 2.05) is 0 Å². The summed E-state index contributed by atoms with van der Waals surface area (Å²) < 4.78 is 0.949. The standard InChI is InChI=1S/C8H12BrNO/c1-6-2-3-10-4-8(9)7(6)5-11/h4,6,11H,2-3,5H2,1H3. The van der Waals surface area contributed by atoms with Crippen LogP contribution in [0.1, 0.15) is 13.3 Å². The number of halogens is 1. The van der Waals surface area contributed by atoms with Crippen molar-refractivity contribution in [1.29, 1.82) is 0 Å². The topological polar surface area (TPSA) is 32.6 Å². The highest BCUT2D eigenvalue weighted by Crippen LogP contribution is 2.23. The van der Waals surface area contributed by atoms with Crippen LogP contribution >= 0.6 is 15.9 Å².